The second kappa shape index (κ2) is 8.86. The van der Waals surface area contributed by atoms with Gasteiger partial charge in [-0.2, -0.15) is 18.3 Å². The minimum Gasteiger partial charge on any atom is -0.375 e. The molecule has 0 saturated heterocycles. The minimum atomic E-state index is -4.94. The maximum Gasteiger partial charge on any atom is 0.434 e. The number of fused-ring (bicyclic) bond motifs is 1. The summed E-state index contributed by atoms with van der Waals surface area (Å²) in [6, 6.07) is 3.75. The maximum absolute atomic E-state index is 14.1. The van der Waals surface area contributed by atoms with E-state index >= 15 is 0 Å². The summed E-state index contributed by atoms with van der Waals surface area (Å²) >= 11 is 0. The fourth-order valence-corrected chi connectivity index (χ4v) is 3.65. The Bertz CT molecular complexity index is 1360. The Morgan fingerprint density at radius 3 is 2.68 bits per heavy atom. The third kappa shape index (κ3) is 4.12. The number of methoxy groups -OCH3 is 1. The lowest BCUT2D eigenvalue weighted by molar-refractivity contribution is -0.143. The van der Waals surface area contributed by atoms with E-state index in [1.54, 1.807) is 6.07 Å². The van der Waals surface area contributed by atoms with E-state index in [0.29, 0.717) is 16.8 Å². The van der Waals surface area contributed by atoms with E-state index in [9.17, 15) is 22.4 Å². The Morgan fingerprint density at radius 1 is 1.24 bits per heavy atom. The van der Waals surface area contributed by atoms with Crippen molar-refractivity contribution in [1.29, 1.82) is 0 Å². The average molecular weight is 476 g/mol. The molecule has 0 bridgehead atoms. The Morgan fingerprint density at radius 2 is 2.00 bits per heavy atom. The predicted octanol–water partition coefficient (Wildman–Crippen LogP) is 4.60. The summed E-state index contributed by atoms with van der Waals surface area (Å²) in [4.78, 5) is 21.0. The molecule has 12 heteroatoms. The molecule has 0 aliphatic heterocycles. The molecule has 0 aromatic carbocycles. The number of hydrogen-bond donors (Lipinski definition) is 1. The van der Waals surface area contributed by atoms with Crippen molar-refractivity contribution in [2.24, 2.45) is 0 Å². The number of ether oxygens (including phenoxy) is 1. The molecule has 0 spiro atoms. The number of pyridine rings is 2. The maximum atomic E-state index is 14.1. The zero-order valence-electron chi connectivity index (χ0n) is 18.4. The number of alkyl halides is 3. The van der Waals surface area contributed by atoms with Gasteiger partial charge in [0.05, 0.1) is 35.4 Å². The molecule has 0 fully saturated rings. The summed E-state index contributed by atoms with van der Waals surface area (Å²) in [5, 5.41) is 6.25. The van der Waals surface area contributed by atoms with Gasteiger partial charge in [-0.25, -0.2) is 14.1 Å². The lowest BCUT2D eigenvalue weighted by atomic mass is 10.1. The first-order valence-electron chi connectivity index (χ1n) is 10.3. The van der Waals surface area contributed by atoms with Crippen LogP contribution in [0.1, 0.15) is 47.3 Å². The van der Waals surface area contributed by atoms with E-state index in [-0.39, 0.29) is 23.3 Å². The van der Waals surface area contributed by atoms with Crippen molar-refractivity contribution in [2.75, 3.05) is 12.4 Å². The van der Waals surface area contributed by atoms with Gasteiger partial charge in [-0.3, -0.25) is 14.2 Å². The number of anilines is 1. The number of nitrogens with zero attached hydrogens (tertiary/aromatic N) is 5. The predicted molar refractivity (Wildman–Crippen MR) is 114 cm³/mol. The SMILES string of the molecule is CCc1cc(NC(=O)c2cnn(-c3ccc(F)c4nccn34)c2C(F)(F)F)cnc1C(C)OC. The smallest absolute Gasteiger partial charge is 0.375 e. The normalized spacial score (nSPS) is 12.8. The van der Waals surface area contributed by atoms with Gasteiger partial charge in [0.25, 0.3) is 5.91 Å². The quantitative estimate of drug-likeness (QED) is 0.411. The van der Waals surface area contributed by atoms with Gasteiger partial charge in [-0.1, -0.05) is 6.92 Å². The lowest BCUT2D eigenvalue weighted by Gasteiger charge is -2.16. The van der Waals surface area contributed by atoms with Crippen LogP contribution < -0.4 is 5.32 Å². The van der Waals surface area contributed by atoms with E-state index < -0.39 is 29.2 Å². The molecular formula is C22H20F4N6O2. The number of nitrogens with one attached hydrogen (secondary N) is 1. The van der Waals surface area contributed by atoms with Crippen molar-refractivity contribution in [1.82, 2.24) is 24.1 Å². The molecule has 0 radical (unpaired) electrons. The molecule has 1 amide bonds. The first-order valence-corrected chi connectivity index (χ1v) is 10.3. The Balaban J connectivity index is 1.74. The number of carbonyl (C=O) groups is 1. The van der Waals surface area contributed by atoms with E-state index in [1.807, 2.05) is 13.8 Å². The Hall–Kier alpha value is -3.80. The van der Waals surface area contributed by atoms with Gasteiger partial charge in [0, 0.05) is 19.5 Å². The van der Waals surface area contributed by atoms with Crippen molar-refractivity contribution in [3.8, 4) is 5.82 Å². The van der Waals surface area contributed by atoms with Crippen LogP contribution in [0.15, 0.2) is 43.0 Å². The van der Waals surface area contributed by atoms with Crippen molar-refractivity contribution in [2.45, 2.75) is 32.5 Å². The van der Waals surface area contributed by atoms with Gasteiger partial charge in [-0.15, -0.1) is 0 Å². The molecule has 4 aromatic heterocycles. The van der Waals surface area contributed by atoms with E-state index in [2.05, 4.69) is 20.4 Å². The topological polar surface area (TPSA) is 86.3 Å². The Labute approximate surface area is 191 Å². The van der Waals surface area contributed by atoms with Crippen LogP contribution in [0, 0.1) is 5.82 Å². The molecule has 0 aliphatic carbocycles. The molecule has 1 atom stereocenters. The number of hydrogen-bond acceptors (Lipinski definition) is 5. The third-order valence-electron chi connectivity index (χ3n) is 5.36. The second-order valence-electron chi connectivity index (χ2n) is 7.43. The molecule has 34 heavy (non-hydrogen) atoms. The van der Waals surface area contributed by atoms with Gasteiger partial charge < -0.3 is 10.1 Å². The van der Waals surface area contributed by atoms with Gasteiger partial charge in [0.2, 0.25) is 0 Å². The van der Waals surface area contributed by atoms with Crippen LogP contribution in [0.2, 0.25) is 0 Å². The van der Waals surface area contributed by atoms with Crippen LogP contribution in [0.4, 0.5) is 23.2 Å². The summed E-state index contributed by atoms with van der Waals surface area (Å²) in [6.45, 7) is 3.70. The monoisotopic (exact) mass is 476 g/mol. The van der Waals surface area contributed by atoms with Crippen molar-refractivity contribution < 1.29 is 27.1 Å². The zero-order valence-corrected chi connectivity index (χ0v) is 18.4. The second-order valence-corrected chi connectivity index (χ2v) is 7.43. The fourth-order valence-electron chi connectivity index (χ4n) is 3.65. The summed E-state index contributed by atoms with van der Waals surface area (Å²) in [5.74, 6) is -1.86. The first-order chi connectivity index (χ1) is 16.2. The standard InChI is InChI=1S/C22H20F4N6O2/c1-4-13-9-14(10-28-18(13)12(2)34-3)30-21(33)15-11-29-32(19(15)22(24,25)26)17-6-5-16(23)20-27-7-8-31(17)20/h5-12H,4H2,1-3H3,(H,30,33). The number of carbonyl (C=O) groups excluding carboxylic acids is 1. The summed E-state index contributed by atoms with van der Waals surface area (Å²) in [6.07, 6.45) is 0.0834. The zero-order chi connectivity index (χ0) is 24.6. The highest BCUT2D eigenvalue weighted by Crippen LogP contribution is 2.34. The summed E-state index contributed by atoms with van der Waals surface area (Å²) < 4.78 is 63.1. The number of imidazole rings is 1. The van der Waals surface area contributed by atoms with Crippen molar-refractivity contribution in [3.05, 3.63) is 71.3 Å². The molecular weight excluding hydrogens is 456 g/mol. The van der Waals surface area contributed by atoms with Crippen LogP contribution >= 0.6 is 0 Å². The highest BCUT2D eigenvalue weighted by atomic mass is 19.4. The van der Waals surface area contributed by atoms with E-state index in [1.165, 1.54) is 25.7 Å². The molecule has 8 nitrogen and oxygen atoms in total. The van der Waals surface area contributed by atoms with Crippen LogP contribution in [0.3, 0.4) is 0 Å². The minimum absolute atomic E-state index is 0.131. The summed E-state index contributed by atoms with van der Waals surface area (Å²) in [7, 11) is 1.54. The molecule has 0 aliphatic rings. The van der Waals surface area contributed by atoms with E-state index in [0.717, 1.165) is 28.3 Å². The third-order valence-corrected chi connectivity index (χ3v) is 5.36. The van der Waals surface area contributed by atoms with Gasteiger partial charge in [0.1, 0.15) is 5.82 Å². The molecule has 4 aromatic rings. The lowest BCUT2D eigenvalue weighted by Crippen LogP contribution is -2.22. The number of aromatic nitrogens is 5. The van der Waals surface area contributed by atoms with Crippen molar-refractivity contribution >= 4 is 17.2 Å². The van der Waals surface area contributed by atoms with Crippen LogP contribution in [0.25, 0.3) is 11.5 Å². The molecule has 4 rings (SSSR count). The van der Waals surface area contributed by atoms with Crippen LogP contribution in [-0.2, 0) is 17.3 Å². The number of rotatable bonds is 6. The molecule has 1 N–H and O–H groups in total. The fraction of sp³-hybridized carbons (Fsp3) is 0.273. The molecule has 1 unspecified atom stereocenters. The molecule has 4 heterocycles. The summed E-state index contributed by atoms with van der Waals surface area (Å²) in [5.41, 5.74) is -0.484. The molecule has 178 valence electrons. The highest BCUT2D eigenvalue weighted by Gasteiger charge is 2.41. The largest absolute Gasteiger partial charge is 0.434 e. The van der Waals surface area contributed by atoms with Crippen LogP contribution in [-0.4, -0.2) is 37.2 Å². The number of aryl methyl sites for hydroxylation is 1. The van der Waals surface area contributed by atoms with Gasteiger partial charge >= 0.3 is 6.18 Å². The van der Waals surface area contributed by atoms with Crippen molar-refractivity contribution in [3.63, 3.8) is 0 Å². The average Bonchev–Trinajstić information content (AvgIpc) is 3.47. The van der Waals surface area contributed by atoms with Gasteiger partial charge in [0.15, 0.2) is 17.2 Å². The Kier molecular flexibility index (Phi) is 6.09. The number of amides is 1. The first kappa shape index (κ1) is 23.4. The van der Waals surface area contributed by atoms with E-state index in [4.69, 9.17) is 4.74 Å². The highest BCUT2D eigenvalue weighted by molar-refractivity contribution is 6.05. The molecule has 0 saturated carbocycles. The van der Waals surface area contributed by atoms with Crippen LogP contribution in [0.5, 0.6) is 0 Å². The number of halogens is 4. The van der Waals surface area contributed by atoms with Gasteiger partial charge in [-0.05, 0) is 37.1 Å².